The van der Waals surface area contributed by atoms with Gasteiger partial charge >= 0.3 is 0 Å². The molecule has 2 aromatic rings. The fraction of sp³-hybridized carbons (Fsp3) is 0.333. The molecular formula is C15H17N3O3. The molecule has 6 nitrogen and oxygen atoms in total. The highest BCUT2D eigenvalue weighted by atomic mass is 16.5. The Hall–Kier alpha value is -2.50. The summed E-state index contributed by atoms with van der Waals surface area (Å²) < 4.78 is 5.53. The first-order valence-corrected chi connectivity index (χ1v) is 6.98. The number of carbonyl (C=O) groups excluding carboxylic acids is 1. The summed E-state index contributed by atoms with van der Waals surface area (Å²) in [5.41, 5.74) is 1.49. The number of hydrogen-bond acceptors (Lipinski definition) is 3. The van der Waals surface area contributed by atoms with Gasteiger partial charge in [0.1, 0.15) is 5.75 Å². The second-order valence-electron chi connectivity index (χ2n) is 5.01. The van der Waals surface area contributed by atoms with Crippen molar-refractivity contribution >= 4 is 5.91 Å². The van der Waals surface area contributed by atoms with E-state index < -0.39 is 0 Å². The van der Waals surface area contributed by atoms with Crippen LogP contribution in [-0.4, -0.2) is 34.2 Å². The van der Waals surface area contributed by atoms with Gasteiger partial charge in [-0.3, -0.25) is 14.7 Å². The minimum Gasteiger partial charge on any atom is -0.493 e. The molecule has 2 heterocycles. The molecule has 110 valence electrons. The van der Waals surface area contributed by atoms with Crippen LogP contribution in [0.1, 0.15) is 17.7 Å². The third-order valence-corrected chi connectivity index (χ3v) is 3.63. The summed E-state index contributed by atoms with van der Waals surface area (Å²) in [5, 5.41) is 5.39. The first-order chi connectivity index (χ1) is 10.2. The van der Waals surface area contributed by atoms with E-state index in [4.69, 9.17) is 4.74 Å². The van der Waals surface area contributed by atoms with Gasteiger partial charge < -0.3 is 14.7 Å². The van der Waals surface area contributed by atoms with Crippen molar-refractivity contribution < 1.29 is 9.53 Å². The maximum absolute atomic E-state index is 12.1. The van der Waals surface area contributed by atoms with Gasteiger partial charge in [-0.2, -0.15) is 0 Å². The molecule has 6 heteroatoms. The summed E-state index contributed by atoms with van der Waals surface area (Å²) in [4.78, 5) is 25.4. The lowest BCUT2D eigenvalue weighted by molar-refractivity contribution is -0.132. The number of amides is 1. The normalized spacial score (nSPS) is 13.8. The van der Waals surface area contributed by atoms with Gasteiger partial charge in [-0.1, -0.05) is 18.2 Å². The van der Waals surface area contributed by atoms with Gasteiger partial charge in [-0.25, -0.2) is 0 Å². The second kappa shape index (κ2) is 5.87. The van der Waals surface area contributed by atoms with Gasteiger partial charge in [0.2, 0.25) is 5.91 Å². The number of aromatic nitrogens is 2. The Morgan fingerprint density at radius 3 is 2.86 bits per heavy atom. The lowest BCUT2D eigenvalue weighted by atomic mass is 10.1. The van der Waals surface area contributed by atoms with Crippen LogP contribution in [0.4, 0.5) is 0 Å². The van der Waals surface area contributed by atoms with Crippen LogP contribution in [0.15, 0.2) is 35.1 Å². The molecule has 0 spiro atoms. The average molecular weight is 287 g/mol. The minimum atomic E-state index is -0.0792. The van der Waals surface area contributed by atoms with Crippen molar-refractivity contribution in [2.24, 2.45) is 0 Å². The predicted molar refractivity (Wildman–Crippen MR) is 77.1 cm³/mol. The molecule has 3 rings (SSSR count). The molecule has 0 saturated carbocycles. The van der Waals surface area contributed by atoms with Crippen LogP contribution in [0.25, 0.3) is 0 Å². The molecule has 0 saturated heterocycles. The summed E-state index contributed by atoms with van der Waals surface area (Å²) in [6, 6.07) is 9.43. The van der Waals surface area contributed by atoms with Crippen molar-refractivity contribution in [3.05, 3.63) is 51.9 Å². The highest BCUT2D eigenvalue weighted by Crippen LogP contribution is 2.14. The topological polar surface area (TPSA) is 78.2 Å². The fourth-order valence-electron chi connectivity index (χ4n) is 2.48. The van der Waals surface area contributed by atoms with E-state index in [0.29, 0.717) is 32.5 Å². The zero-order chi connectivity index (χ0) is 14.7. The van der Waals surface area contributed by atoms with Gasteiger partial charge in [-0.15, -0.1) is 0 Å². The van der Waals surface area contributed by atoms with Gasteiger partial charge in [-0.05, 0) is 18.6 Å². The highest BCUT2D eigenvalue weighted by Gasteiger charge is 2.23. The van der Waals surface area contributed by atoms with E-state index in [1.165, 1.54) is 0 Å². The number of rotatable bonds is 4. The molecule has 0 radical (unpaired) electrons. The maximum Gasteiger partial charge on any atom is 0.267 e. The minimum absolute atomic E-state index is 0.0404. The number of nitrogens with zero attached hydrogens (tertiary/aromatic N) is 1. The van der Waals surface area contributed by atoms with Crippen molar-refractivity contribution in [3.63, 3.8) is 0 Å². The lowest BCUT2D eigenvalue weighted by Crippen LogP contribution is -2.37. The third-order valence-electron chi connectivity index (χ3n) is 3.63. The molecule has 2 N–H and O–H groups in total. The van der Waals surface area contributed by atoms with E-state index in [1.807, 2.05) is 30.3 Å². The van der Waals surface area contributed by atoms with Crippen molar-refractivity contribution in [2.75, 3.05) is 13.2 Å². The van der Waals surface area contributed by atoms with Gasteiger partial charge in [0, 0.05) is 12.1 Å². The molecule has 0 unspecified atom stereocenters. The molecule has 1 aromatic heterocycles. The molecule has 1 aliphatic heterocycles. The van der Waals surface area contributed by atoms with Crippen molar-refractivity contribution in [2.45, 2.75) is 19.4 Å². The number of para-hydroxylation sites is 1. The SMILES string of the molecule is O=C(CCOc1ccccc1)N1CCc2c([nH][nH]c2=O)C1. The summed E-state index contributed by atoms with van der Waals surface area (Å²) in [6.45, 7) is 1.40. The Kier molecular flexibility index (Phi) is 3.77. The zero-order valence-electron chi connectivity index (χ0n) is 11.6. The lowest BCUT2D eigenvalue weighted by Gasteiger charge is -2.26. The van der Waals surface area contributed by atoms with Gasteiger partial charge in [0.05, 0.1) is 25.3 Å². The first-order valence-electron chi connectivity index (χ1n) is 6.98. The molecule has 0 fully saturated rings. The Morgan fingerprint density at radius 2 is 2.05 bits per heavy atom. The van der Waals surface area contributed by atoms with Crippen LogP contribution in [0, 0.1) is 0 Å². The Labute approximate surface area is 121 Å². The molecule has 1 aliphatic rings. The number of nitrogens with one attached hydrogen (secondary N) is 2. The summed E-state index contributed by atoms with van der Waals surface area (Å²) >= 11 is 0. The van der Waals surface area contributed by atoms with Crippen LogP contribution in [-0.2, 0) is 17.8 Å². The van der Waals surface area contributed by atoms with Crippen LogP contribution < -0.4 is 10.3 Å². The van der Waals surface area contributed by atoms with Crippen molar-refractivity contribution in [1.29, 1.82) is 0 Å². The monoisotopic (exact) mass is 287 g/mol. The standard InChI is InChI=1S/C15H17N3O3/c19-14(7-9-21-11-4-2-1-3-5-11)18-8-6-12-13(10-18)16-17-15(12)20/h1-5H,6-10H2,(H2,16,17,20). The number of benzene rings is 1. The van der Waals surface area contributed by atoms with Crippen molar-refractivity contribution in [1.82, 2.24) is 15.1 Å². The number of hydrogen-bond donors (Lipinski definition) is 2. The van der Waals surface area contributed by atoms with Crippen LogP contribution >= 0.6 is 0 Å². The van der Waals surface area contributed by atoms with Crippen LogP contribution in [0.5, 0.6) is 5.75 Å². The molecule has 1 amide bonds. The smallest absolute Gasteiger partial charge is 0.267 e. The molecule has 0 bridgehead atoms. The molecule has 0 atom stereocenters. The number of carbonyl (C=O) groups is 1. The second-order valence-corrected chi connectivity index (χ2v) is 5.01. The Morgan fingerprint density at radius 1 is 1.24 bits per heavy atom. The third kappa shape index (κ3) is 2.99. The van der Waals surface area contributed by atoms with E-state index in [9.17, 15) is 9.59 Å². The Bertz CT molecular complexity index is 675. The van der Waals surface area contributed by atoms with E-state index in [2.05, 4.69) is 10.2 Å². The summed E-state index contributed by atoms with van der Waals surface area (Å²) in [7, 11) is 0. The summed E-state index contributed by atoms with van der Waals surface area (Å²) in [6.07, 6.45) is 0.929. The van der Waals surface area contributed by atoms with E-state index in [1.54, 1.807) is 4.90 Å². The van der Waals surface area contributed by atoms with Gasteiger partial charge in [0.25, 0.3) is 5.56 Å². The highest BCUT2D eigenvalue weighted by molar-refractivity contribution is 5.76. The molecular weight excluding hydrogens is 270 g/mol. The summed E-state index contributed by atoms with van der Waals surface area (Å²) in [5.74, 6) is 0.805. The van der Waals surface area contributed by atoms with Crippen molar-refractivity contribution in [3.8, 4) is 5.75 Å². The average Bonchev–Trinajstić information content (AvgIpc) is 2.89. The first kappa shape index (κ1) is 13.5. The number of aromatic amines is 2. The predicted octanol–water partition coefficient (Wildman–Crippen LogP) is 1.06. The Balaban J connectivity index is 1.51. The van der Waals surface area contributed by atoms with E-state index >= 15 is 0 Å². The fourth-order valence-corrected chi connectivity index (χ4v) is 2.48. The molecule has 1 aromatic carbocycles. The quantitative estimate of drug-likeness (QED) is 0.882. The molecule has 21 heavy (non-hydrogen) atoms. The zero-order valence-corrected chi connectivity index (χ0v) is 11.6. The van der Waals surface area contributed by atoms with E-state index in [0.717, 1.165) is 17.0 Å². The van der Waals surface area contributed by atoms with Gasteiger partial charge in [0.15, 0.2) is 0 Å². The maximum atomic E-state index is 12.1. The molecule has 0 aliphatic carbocycles. The van der Waals surface area contributed by atoms with E-state index in [-0.39, 0.29) is 11.5 Å². The number of ether oxygens (including phenoxy) is 1. The van der Waals surface area contributed by atoms with Crippen LogP contribution in [0.2, 0.25) is 0 Å². The number of fused-ring (bicyclic) bond motifs is 1. The largest absolute Gasteiger partial charge is 0.493 e. The van der Waals surface area contributed by atoms with Crippen LogP contribution in [0.3, 0.4) is 0 Å². The number of H-pyrrole nitrogens is 2.